The van der Waals surface area contributed by atoms with Gasteiger partial charge in [-0.3, -0.25) is 0 Å². The highest BCUT2D eigenvalue weighted by molar-refractivity contribution is 5.88. The summed E-state index contributed by atoms with van der Waals surface area (Å²) < 4.78 is 32.7. The Labute approximate surface area is 109 Å². The van der Waals surface area contributed by atoms with Gasteiger partial charge in [-0.05, 0) is 18.6 Å². The molecule has 1 heterocycles. The van der Waals surface area contributed by atoms with Crippen LogP contribution in [0.3, 0.4) is 0 Å². The summed E-state index contributed by atoms with van der Waals surface area (Å²) in [7, 11) is 1.59. The maximum absolute atomic E-state index is 13.9. The number of benzene rings is 1. The molecule has 19 heavy (non-hydrogen) atoms. The van der Waals surface area contributed by atoms with E-state index >= 15 is 0 Å². The van der Waals surface area contributed by atoms with Crippen molar-refractivity contribution in [3.05, 3.63) is 29.3 Å². The zero-order chi connectivity index (χ0) is 14.0. The number of carboxylic acid groups (broad SMARTS) is 1. The van der Waals surface area contributed by atoms with Gasteiger partial charge in [0.25, 0.3) is 0 Å². The molecule has 1 aromatic carbocycles. The van der Waals surface area contributed by atoms with E-state index in [1.807, 2.05) is 0 Å². The third-order valence-electron chi connectivity index (χ3n) is 3.27. The van der Waals surface area contributed by atoms with E-state index in [9.17, 15) is 13.6 Å². The first-order valence-corrected chi connectivity index (χ1v) is 5.99. The van der Waals surface area contributed by atoms with Crippen molar-refractivity contribution in [1.82, 2.24) is 0 Å². The van der Waals surface area contributed by atoms with E-state index in [-0.39, 0.29) is 17.2 Å². The molecule has 1 fully saturated rings. The number of rotatable bonds is 4. The number of hydrogen-bond donors (Lipinski definition) is 1. The van der Waals surface area contributed by atoms with Gasteiger partial charge >= 0.3 is 5.97 Å². The van der Waals surface area contributed by atoms with Crippen LogP contribution in [0.25, 0.3) is 0 Å². The summed E-state index contributed by atoms with van der Waals surface area (Å²) in [6.45, 7) is 1.59. The van der Waals surface area contributed by atoms with Gasteiger partial charge in [0.1, 0.15) is 17.3 Å². The summed E-state index contributed by atoms with van der Waals surface area (Å²) in [6.07, 6.45) is 0.799. The number of carbonyl (C=O) groups is 1. The minimum atomic E-state index is -1.34. The molecule has 0 aliphatic carbocycles. The van der Waals surface area contributed by atoms with Gasteiger partial charge in [0.2, 0.25) is 0 Å². The summed E-state index contributed by atoms with van der Waals surface area (Å²) in [5, 5.41) is 8.74. The van der Waals surface area contributed by atoms with Crippen molar-refractivity contribution in [3.8, 4) is 0 Å². The van der Waals surface area contributed by atoms with E-state index in [0.717, 1.165) is 18.6 Å². The SMILES string of the molecule is COCC1CCN(c2c(F)cc(C(=O)O)cc2F)C1. The third-order valence-corrected chi connectivity index (χ3v) is 3.27. The van der Waals surface area contributed by atoms with Crippen LogP contribution < -0.4 is 4.90 Å². The molecular formula is C13H15F2NO3. The second-order valence-electron chi connectivity index (χ2n) is 4.65. The fraction of sp³-hybridized carbons (Fsp3) is 0.462. The molecule has 1 unspecified atom stereocenters. The molecular weight excluding hydrogens is 256 g/mol. The zero-order valence-electron chi connectivity index (χ0n) is 10.5. The number of halogens is 2. The Hall–Kier alpha value is -1.69. The number of anilines is 1. The van der Waals surface area contributed by atoms with E-state index in [1.54, 1.807) is 12.0 Å². The van der Waals surface area contributed by atoms with Crippen molar-refractivity contribution in [2.45, 2.75) is 6.42 Å². The van der Waals surface area contributed by atoms with Crippen molar-refractivity contribution in [3.63, 3.8) is 0 Å². The number of ether oxygens (including phenoxy) is 1. The van der Waals surface area contributed by atoms with Gasteiger partial charge in [-0.15, -0.1) is 0 Å². The molecule has 4 nitrogen and oxygen atoms in total. The number of hydrogen-bond acceptors (Lipinski definition) is 3. The lowest BCUT2D eigenvalue weighted by Gasteiger charge is -2.20. The molecule has 1 N–H and O–H groups in total. The zero-order valence-corrected chi connectivity index (χ0v) is 10.5. The Morgan fingerprint density at radius 1 is 1.47 bits per heavy atom. The van der Waals surface area contributed by atoms with Crippen LogP contribution in [0.4, 0.5) is 14.5 Å². The second-order valence-corrected chi connectivity index (χ2v) is 4.65. The summed E-state index contributed by atoms with van der Waals surface area (Å²) in [5.74, 6) is -2.78. The van der Waals surface area contributed by atoms with Crippen molar-refractivity contribution in [1.29, 1.82) is 0 Å². The van der Waals surface area contributed by atoms with E-state index < -0.39 is 17.6 Å². The fourth-order valence-electron chi connectivity index (χ4n) is 2.40. The summed E-state index contributed by atoms with van der Waals surface area (Å²) in [5.41, 5.74) is -0.532. The van der Waals surface area contributed by atoms with Crippen molar-refractivity contribution in [2.24, 2.45) is 5.92 Å². The maximum atomic E-state index is 13.9. The standard InChI is InChI=1S/C13H15F2NO3/c1-19-7-8-2-3-16(6-8)12-10(14)4-9(13(17)18)5-11(12)15/h4-5,8H,2-3,6-7H2,1H3,(H,17,18). The van der Waals surface area contributed by atoms with Gasteiger partial charge < -0.3 is 14.7 Å². The minimum Gasteiger partial charge on any atom is -0.478 e. The molecule has 6 heteroatoms. The molecule has 0 spiro atoms. The highest BCUT2D eigenvalue weighted by Gasteiger charge is 2.27. The second kappa shape index (κ2) is 5.52. The molecule has 0 aromatic heterocycles. The van der Waals surface area contributed by atoms with Crippen LogP contribution in [0.5, 0.6) is 0 Å². The van der Waals surface area contributed by atoms with E-state index in [4.69, 9.17) is 9.84 Å². The predicted molar refractivity (Wildman–Crippen MR) is 65.5 cm³/mol. The molecule has 1 aliphatic rings. The number of methoxy groups -OCH3 is 1. The topological polar surface area (TPSA) is 49.8 Å². The van der Waals surface area contributed by atoms with Crippen molar-refractivity contribution in [2.75, 3.05) is 31.7 Å². The Morgan fingerprint density at radius 3 is 2.63 bits per heavy atom. The minimum absolute atomic E-state index is 0.149. The van der Waals surface area contributed by atoms with Crippen LogP contribution in [-0.4, -0.2) is 37.9 Å². The Balaban J connectivity index is 2.24. The van der Waals surface area contributed by atoms with Crippen molar-refractivity contribution >= 4 is 11.7 Å². The van der Waals surface area contributed by atoms with Gasteiger partial charge in [0, 0.05) is 26.1 Å². The lowest BCUT2D eigenvalue weighted by Crippen LogP contribution is -2.23. The van der Waals surface area contributed by atoms with E-state index in [1.165, 1.54) is 0 Å². The maximum Gasteiger partial charge on any atom is 0.335 e. The molecule has 1 aliphatic heterocycles. The van der Waals surface area contributed by atoms with Crippen LogP contribution >= 0.6 is 0 Å². The van der Waals surface area contributed by atoms with Gasteiger partial charge in [0.05, 0.1) is 12.2 Å². The molecule has 1 atom stereocenters. The van der Waals surface area contributed by atoms with Gasteiger partial charge in [-0.2, -0.15) is 0 Å². The third kappa shape index (κ3) is 2.84. The first-order valence-electron chi connectivity index (χ1n) is 5.99. The highest BCUT2D eigenvalue weighted by Crippen LogP contribution is 2.30. The molecule has 1 aromatic rings. The molecule has 0 bridgehead atoms. The van der Waals surface area contributed by atoms with E-state index in [2.05, 4.69) is 0 Å². The Kier molecular flexibility index (Phi) is 3.99. The molecule has 104 valence electrons. The van der Waals surface area contributed by atoms with Crippen LogP contribution in [-0.2, 0) is 4.74 Å². The monoisotopic (exact) mass is 271 g/mol. The van der Waals surface area contributed by atoms with Gasteiger partial charge in [0.15, 0.2) is 0 Å². The van der Waals surface area contributed by atoms with Crippen LogP contribution in [0, 0.1) is 17.6 Å². The van der Waals surface area contributed by atoms with Crippen LogP contribution in [0.15, 0.2) is 12.1 Å². The highest BCUT2D eigenvalue weighted by atomic mass is 19.1. The van der Waals surface area contributed by atoms with Gasteiger partial charge in [-0.25, -0.2) is 13.6 Å². The quantitative estimate of drug-likeness (QED) is 0.911. The van der Waals surface area contributed by atoms with Crippen LogP contribution in [0.1, 0.15) is 16.8 Å². The number of nitrogens with zero attached hydrogens (tertiary/aromatic N) is 1. The van der Waals surface area contributed by atoms with Crippen LogP contribution in [0.2, 0.25) is 0 Å². The molecule has 0 saturated carbocycles. The Bertz CT molecular complexity index is 470. The summed E-state index contributed by atoms with van der Waals surface area (Å²) in [4.78, 5) is 12.3. The summed E-state index contributed by atoms with van der Waals surface area (Å²) >= 11 is 0. The average Bonchev–Trinajstić information content (AvgIpc) is 2.77. The normalized spacial score (nSPS) is 18.9. The predicted octanol–water partition coefficient (Wildman–Crippen LogP) is 2.14. The molecule has 2 rings (SSSR count). The number of carboxylic acids is 1. The van der Waals surface area contributed by atoms with E-state index in [0.29, 0.717) is 19.7 Å². The molecule has 0 amide bonds. The lowest BCUT2D eigenvalue weighted by atomic mass is 10.1. The largest absolute Gasteiger partial charge is 0.478 e. The van der Waals surface area contributed by atoms with Crippen molar-refractivity contribution < 1.29 is 23.4 Å². The molecule has 0 radical (unpaired) electrons. The fourth-order valence-corrected chi connectivity index (χ4v) is 2.40. The average molecular weight is 271 g/mol. The number of aromatic carboxylic acids is 1. The van der Waals surface area contributed by atoms with Gasteiger partial charge in [-0.1, -0.05) is 0 Å². The first-order chi connectivity index (χ1) is 9.02. The molecule has 1 saturated heterocycles. The smallest absolute Gasteiger partial charge is 0.335 e. The first kappa shape index (κ1) is 13.7. The lowest BCUT2D eigenvalue weighted by molar-refractivity contribution is 0.0696. The Morgan fingerprint density at radius 2 is 2.11 bits per heavy atom. The summed E-state index contributed by atoms with van der Waals surface area (Å²) in [6, 6.07) is 1.70.